The summed E-state index contributed by atoms with van der Waals surface area (Å²) in [6, 6.07) is 7.64. The molecule has 3 N–H and O–H groups in total. The number of methoxy groups -OCH3 is 1. The molecule has 8 heteroatoms. The molecular formula is C13H12ClFN2O3S. The molecule has 112 valence electrons. The molecule has 0 atom stereocenters. The molecular weight excluding hydrogens is 319 g/mol. The van der Waals surface area contributed by atoms with Crippen LogP contribution in [0, 0.1) is 5.82 Å². The zero-order chi connectivity index (χ0) is 15.6. The molecule has 0 aliphatic heterocycles. The van der Waals surface area contributed by atoms with E-state index in [0.29, 0.717) is 10.8 Å². The Kier molecular flexibility index (Phi) is 4.24. The molecule has 0 heterocycles. The van der Waals surface area contributed by atoms with Gasteiger partial charge in [0.2, 0.25) is 0 Å². The van der Waals surface area contributed by atoms with Gasteiger partial charge in [0.25, 0.3) is 10.0 Å². The Labute approximate surface area is 126 Å². The zero-order valence-corrected chi connectivity index (χ0v) is 12.5. The number of benzene rings is 2. The highest BCUT2D eigenvalue weighted by Crippen LogP contribution is 2.28. The average Bonchev–Trinajstić information content (AvgIpc) is 2.43. The first-order valence-corrected chi connectivity index (χ1v) is 7.61. The number of nitrogens with one attached hydrogen (secondary N) is 1. The molecule has 0 saturated heterocycles. The van der Waals surface area contributed by atoms with Crippen LogP contribution in [0.2, 0.25) is 5.02 Å². The van der Waals surface area contributed by atoms with Crippen LogP contribution in [0.1, 0.15) is 0 Å². The first-order chi connectivity index (χ1) is 9.83. The fourth-order valence-electron chi connectivity index (χ4n) is 1.61. The normalized spacial score (nSPS) is 11.2. The molecule has 0 radical (unpaired) electrons. The summed E-state index contributed by atoms with van der Waals surface area (Å²) >= 11 is 5.86. The van der Waals surface area contributed by atoms with Gasteiger partial charge in [-0.3, -0.25) is 4.72 Å². The molecule has 0 aromatic heterocycles. The fraction of sp³-hybridized carbons (Fsp3) is 0.0769. The van der Waals surface area contributed by atoms with Gasteiger partial charge in [0.05, 0.1) is 28.4 Å². The molecule has 2 aromatic carbocycles. The largest absolute Gasteiger partial charge is 0.495 e. The predicted octanol–water partition coefficient (Wildman–Crippen LogP) is 2.87. The topological polar surface area (TPSA) is 81.4 Å². The van der Waals surface area contributed by atoms with Crippen molar-refractivity contribution in [1.29, 1.82) is 0 Å². The van der Waals surface area contributed by atoms with Gasteiger partial charge in [-0.05, 0) is 30.3 Å². The number of nitrogens with two attached hydrogens (primary N) is 1. The number of ether oxygens (including phenoxy) is 1. The minimum atomic E-state index is -3.93. The van der Waals surface area contributed by atoms with Gasteiger partial charge in [0.15, 0.2) is 0 Å². The van der Waals surface area contributed by atoms with Crippen LogP contribution in [0.4, 0.5) is 15.8 Å². The molecule has 0 amide bonds. The van der Waals surface area contributed by atoms with E-state index in [1.165, 1.54) is 37.4 Å². The number of hydrogen-bond donors (Lipinski definition) is 2. The zero-order valence-electron chi connectivity index (χ0n) is 10.9. The summed E-state index contributed by atoms with van der Waals surface area (Å²) in [4.78, 5) is -0.233. The van der Waals surface area contributed by atoms with Crippen LogP contribution in [-0.2, 0) is 10.0 Å². The van der Waals surface area contributed by atoms with Crippen molar-refractivity contribution in [2.75, 3.05) is 17.6 Å². The van der Waals surface area contributed by atoms with Gasteiger partial charge in [-0.15, -0.1) is 0 Å². The number of sulfonamides is 1. The summed E-state index contributed by atoms with van der Waals surface area (Å²) in [5.74, 6) is -0.480. The van der Waals surface area contributed by atoms with Crippen LogP contribution >= 0.6 is 11.6 Å². The summed E-state index contributed by atoms with van der Waals surface area (Å²) in [7, 11) is -2.52. The van der Waals surface area contributed by atoms with Gasteiger partial charge in [0.1, 0.15) is 11.6 Å². The number of nitrogen functional groups attached to an aromatic ring is 1. The van der Waals surface area contributed by atoms with Crippen LogP contribution in [0.25, 0.3) is 0 Å². The fourth-order valence-corrected chi connectivity index (χ4v) is 2.87. The van der Waals surface area contributed by atoms with Gasteiger partial charge >= 0.3 is 0 Å². The van der Waals surface area contributed by atoms with Gasteiger partial charge in [-0.2, -0.15) is 0 Å². The maximum Gasteiger partial charge on any atom is 0.262 e. The van der Waals surface area contributed by atoms with E-state index < -0.39 is 15.8 Å². The monoisotopic (exact) mass is 330 g/mol. The quantitative estimate of drug-likeness (QED) is 0.845. The van der Waals surface area contributed by atoms with Crippen LogP contribution in [-0.4, -0.2) is 15.5 Å². The van der Waals surface area contributed by atoms with Gasteiger partial charge in [0, 0.05) is 6.07 Å². The Morgan fingerprint density at radius 2 is 1.95 bits per heavy atom. The first-order valence-electron chi connectivity index (χ1n) is 5.75. The molecule has 0 bridgehead atoms. The second-order valence-corrected chi connectivity index (χ2v) is 6.23. The highest BCUT2D eigenvalue weighted by molar-refractivity contribution is 7.92. The minimum absolute atomic E-state index is 0.123. The minimum Gasteiger partial charge on any atom is -0.495 e. The van der Waals surface area contributed by atoms with E-state index in [2.05, 4.69) is 4.72 Å². The number of halogens is 2. The Bertz CT molecular complexity index is 781. The first kappa shape index (κ1) is 15.4. The lowest BCUT2D eigenvalue weighted by atomic mass is 10.3. The molecule has 0 unspecified atom stereocenters. The Hall–Kier alpha value is -1.99. The van der Waals surface area contributed by atoms with Crippen LogP contribution < -0.4 is 15.2 Å². The summed E-state index contributed by atoms with van der Waals surface area (Å²) in [6.07, 6.45) is 0. The van der Waals surface area contributed by atoms with Crippen molar-refractivity contribution >= 4 is 33.0 Å². The Balaban J connectivity index is 2.35. The summed E-state index contributed by atoms with van der Waals surface area (Å²) in [5, 5.41) is 0.346. The van der Waals surface area contributed by atoms with E-state index in [0.717, 1.165) is 6.07 Å². The third-order valence-electron chi connectivity index (χ3n) is 2.69. The molecule has 5 nitrogen and oxygen atoms in total. The van der Waals surface area contributed by atoms with E-state index >= 15 is 0 Å². The van der Waals surface area contributed by atoms with Crippen molar-refractivity contribution in [2.45, 2.75) is 4.90 Å². The van der Waals surface area contributed by atoms with Crippen molar-refractivity contribution in [1.82, 2.24) is 0 Å². The lowest BCUT2D eigenvalue weighted by Gasteiger charge is -2.10. The molecule has 21 heavy (non-hydrogen) atoms. The van der Waals surface area contributed by atoms with E-state index in [-0.39, 0.29) is 16.3 Å². The summed E-state index contributed by atoms with van der Waals surface area (Å²) < 4.78 is 45.0. The SMILES string of the molecule is COc1cc(NS(=O)(=O)c2ccc(N)c(F)c2)ccc1Cl. The molecule has 0 saturated carbocycles. The Morgan fingerprint density at radius 3 is 2.57 bits per heavy atom. The maximum absolute atomic E-state index is 13.4. The maximum atomic E-state index is 13.4. The highest BCUT2D eigenvalue weighted by atomic mass is 35.5. The van der Waals surface area contributed by atoms with E-state index in [1.54, 1.807) is 0 Å². The van der Waals surface area contributed by atoms with Gasteiger partial charge in [-0.1, -0.05) is 11.6 Å². The lowest BCUT2D eigenvalue weighted by molar-refractivity contribution is 0.415. The molecule has 2 aromatic rings. The third-order valence-corrected chi connectivity index (χ3v) is 4.38. The molecule has 0 aliphatic carbocycles. The van der Waals surface area contributed by atoms with E-state index in [4.69, 9.17) is 22.1 Å². The van der Waals surface area contributed by atoms with Crippen LogP contribution in [0.5, 0.6) is 5.75 Å². The van der Waals surface area contributed by atoms with Crippen molar-refractivity contribution in [2.24, 2.45) is 0 Å². The average molecular weight is 331 g/mol. The molecule has 2 rings (SSSR count). The molecule has 0 aliphatic rings. The Morgan fingerprint density at radius 1 is 1.24 bits per heavy atom. The third kappa shape index (κ3) is 3.37. The highest BCUT2D eigenvalue weighted by Gasteiger charge is 2.16. The molecule has 0 fully saturated rings. The van der Waals surface area contributed by atoms with Crippen LogP contribution in [0.15, 0.2) is 41.3 Å². The number of hydrogen-bond acceptors (Lipinski definition) is 4. The second kappa shape index (κ2) is 5.79. The summed E-state index contributed by atoms with van der Waals surface area (Å²) in [5.41, 5.74) is 5.44. The van der Waals surface area contributed by atoms with Gasteiger partial charge < -0.3 is 10.5 Å². The van der Waals surface area contributed by atoms with Crippen molar-refractivity contribution < 1.29 is 17.5 Å². The smallest absolute Gasteiger partial charge is 0.262 e. The second-order valence-electron chi connectivity index (χ2n) is 4.14. The van der Waals surface area contributed by atoms with Crippen LogP contribution in [0.3, 0.4) is 0 Å². The van der Waals surface area contributed by atoms with Crippen molar-refractivity contribution in [3.05, 3.63) is 47.2 Å². The van der Waals surface area contributed by atoms with E-state index in [1.807, 2.05) is 0 Å². The summed E-state index contributed by atoms with van der Waals surface area (Å²) in [6.45, 7) is 0. The number of rotatable bonds is 4. The molecule has 0 spiro atoms. The van der Waals surface area contributed by atoms with Gasteiger partial charge in [-0.25, -0.2) is 12.8 Å². The lowest BCUT2D eigenvalue weighted by Crippen LogP contribution is -2.13. The van der Waals surface area contributed by atoms with Crippen molar-refractivity contribution in [3.8, 4) is 5.75 Å². The number of anilines is 2. The standard InChI is InChI=1S/C13H12ClFN2O3S/c1-20-13-6-8(2-4-10(13)14)17-21(18,19)9-3-5-12(16)11(15)7-9/h2-7,17H,16H2,1H3. The van der Waals surface area contributed by atoms with E-state index in [9.17, 15) is 12.8 Å². The predicted molar refractivity (Wildman–Crippen MR) is 79.6 cm³/mol. The van der Waals surface area contributed by atoms with Crippen molar-refractivity contribution in [3.63, 3.8) is 0 Å².